The fraction of sp³-hybridized carbons (Fsp3) is 0.667. The molecule has 19 heavy (non-hydrogen) atoms. The number of carbonyl (C=O) groups excluding carboxylic acids is 1. The van der Waals surface area contributed by atoms with Gasteiger partial charge in [0.25, 0.3) is 5.91 Å². The molecule has 1 aliphatic rings. The van der Waals surface area contributed by atoms with Crippen molar-refractivity contribution in [3.8, 4) is 0 Å². The number of amides is 1. The van der Waals surface area contributed by atoms with Crippen molar-refractivity contribution in [2.75, 3.05) is 33.9 Å². The molecule has 2 unspecified atom stereocenters. The second kappa shape index (κ2) is 6.42. The van der Waals surface area contributed by atoms with Gasteiger partial charge in [0.05, 0.1) is 5.01 Å². The topological polar surface area (TPSA) is 77.7 Å². The molecule has 0 aromatic carbocycles. The standard InChI is InChI=1S/C12H19N3O3S/c1-17-9-5-15(6-10(9)18-2)12(16)8-7-19-11(14-8)3-4-13/h7,9-10H,3-6,13H2,1-2H3. The number of rotatable bonds is 5. The molecule has 0 spiro atoms. The Morgan fingerprint density at radius 1 is 1.47 bits per heavy atom. The highest BCUT2D eigenvalue weighted by Gasteiger charge is 2.36. The molecule has 2 atom stereocenters. The molecule has 2 N–H and O–H groups in total. The molecule has 0 saturated carbocycles. The first-order chi connectivity index (χ1) is 9.19. The number of thiazole rings is 1. The molecule has 0 bridgehead atoms. The monoisotopic (exact) mass is 285 g/mol. The zero-order chi connectivity index (χ0) is 13.8. The fourth-order valence-corrected chi connectivity index (χ4v) is 2.96. The van der Waals surface area contributed by atoms with Crippen LogP contribution in [0.4, 0.5) is 0 Å². The summed E-state index contributed by atoms with van der Waals surface area (Å²) in [4.78, 5) is 18.4. The maximum atomic E-state index is 12.3. The van der Waals surface area contributed by atoms with Gasteiger partial charge in [0, 0.05) is 39.1 Å². The molecular weight excluding hydrogens is 266 g/mol. The van der Waals surface area contributed by atoms with Crippen molar-refractivity contribution >= 4 is 17.2 Å². The number of methoxy groups -OCH3 is 2. The second-order valence-electron chi connectivity index (χ2n) is 4.42. The largest absolute Gasteiger partial charge is 0.377 e. The number of nitrogens with zero attached hydrogens (tertiary/aromatic N) is 2. The summed E-state index contributed by atoms with van der Waals surface area (Å²) in [6, 6.07) is 0. The molecule has 1 aromatic rings. The third kappa shape index (κ3) is 3.11. The lowest BCUT2D eigenvalue weighted by Crippen LogP contribution is -2.30. The normalized spacial score (nSPS) is 23.0. The number of nitrogens with two attached hydrogens (primary N) is 1. The highest BCUT2D eigenvalue weighted by Crippen LogP contribution is 2.19. The number of hydrogen-bond acceptors (Lipinski definition) is 6. The summed E-state index contributed by atoms with van der Waals surface area (Å²) in [6.45, 7) is 1.62. The van der Waals surface area contributed by atoms with Gasteiger partial charge in [-0.25, -0.2) is 4.98 Å². The number of carbonyl (C=O) groups is 1. The molecular formula is C12H19N3O3S. The summed E-state index contributed by atoms with van der Waals surface area (Å²) in [5.74, 6) is -0.0684. The van der Waals surface area contributed by atoms with Gasteiger partial charge in [-0.05, 0) is 6.54 Å². The Hall–Kier alpha value is -1.02. The van der Waals surface area contributed by atoms with Crippen LogP contribution in [0.5, 0.6) is 0 Å². The van der Waals surface area contributed by atoms with Crippen molar-refractivity contribution in [1.82, 2.24) is 9.88 Å². The van der Waals surface area contributed by atoms with Crippen molar-refractivity contribution in [2.45, 2.75) is 18.6 Å². The highest BCUT2D eigenvalue weighted by molar-refractivity contribution is 7.09. The molecule has 1 fully saturated rings. The van der Waals surface area contributed by atoms with Crippen molar-refractivity contribution < 1.29 is 14.3 Å². The highest BCUT2D eigenvalue weighted by atomic mass is 32.1. The average Bonchev–Trinajstić information content (AvgIpc) is 3.04. The third-order valence-corrected chi connectivity index (χ3v) is 4.15. The molecule has 1 aliphatic heterocycles. The Morgan fingerprint density at radius 3 is 2.63 bits per heavy atom. The third-order valence-electron chi connectivity index (χ3n) is 3.24. The van der Waals surface area contributed by atoms with E-state index in [-0.39, 0.29) is 18.1 Å². The van der Waals surface area contributed by atoms with E-state index in [1.165, 1.54) is 11.3 Å². The summed E-state index contributed by atoms with van der Waals surface area (Å²) < 4.78 is 10.6. The van der Waals surface area contributed by atoms with E-state index in [2.05, 4.69) is 4.98 Å². The van der Waals surface area contributed by atoms with Crippen LogP contribution in [0.3, 0.4) is 0 Å². The fourth-order valence-electron chi connectivity index (χ4n) is 2.17. The smallest absolute Gasteiger partial charge is 0.273 e. The average molecular weight is 285 g/mol. The van der Waals surface area contributed by atoms with Crippen LogP contribution in [0.1, 0.15) is 15.5 Å². The van der Waals surface area contributed by atoms with E-state index in [9.17, 15) is 4.79 Å². The van der Waals surface area contributed by atoms with Crippen LogP contribution in [-0.2, 0) is 15.9 Å². The number of ether oxygens (including phenoxy) is 2. The minimum atomic E-state index is -0.0731. The van der Waals surface area contributed by atoms with Gasteiger partial charge in [0.1, 0.15) is 17.9 Å². The van der Waals surface area contributed by atoms with E-state index in [1.54, 1.807) is 24.5 Å². The molecule has 1 aromatic heterocycles. The molecule has 0 aliphatic carbocycles. The first kappa shape index (κ1) is 14.4. The van der Waals surface area contributed by atoms with Gasteiger partial charge in [-0.15, -0.1) is 11.3 Å². The predicted octanol–water partition coefficient (Wildman–Crippen LogP) is 0.130. The quantitative estimate of drug-likeness (QED) is 0.832. The summed E-state index contributed by atoms with van der Waals surface area (Å²) in [7, 11) is 3.26. The van der Waals surface area contributed by atoms with Crippen LogP contribution in [0.15, 0.2) is 5.38 Å². The van der Waals surface area contributed by atoms with E-state index >= 15 is 0 Å². The minimum Gasteiger partial charge on any atom is -0.377 e. The van der Waals surface area contributed by atoms with Crippen molar-refractivity contribution in [2.24, 2.45) is 5.73 Å². The van der Waals surface area contributed by atoms with Crippen LogP contribution in [-0.4, -0.2) is 61.9 Å². The summed E-state index contributed by atoms with van der Waals surface area (Å²) in [5.41, 5.74) is 5.96. The van der Waals surface area contributed by atoms with E-state index in [4.69, 9.17) is 15.2 Å². The first-order valence-corrected chi connectivity index (χ1v) is 7.07. The van der Waals surface area contributed by atoms with Gasteiger partial charge < -0.3 is 20.1 Å². The SMILES string of the molecule is COC1CN(C(=O)c2csc(CCN)n2)CC1OC. The Bertz CT molecular complexity index is 426. The van der Waals surface area contributed by atoms with Crippen LogP contribution in [0, 0.1) is 0 Å². The van der Waals surface area contributed by atoms with Crippen molar-refractivity contribution in [1.29, 1.82) is 0 Å². The van der Waals surface area contributed by atoms with Crippen molar-refractivity contribution in [3.63, 3.8) is 0 Å². The van der Waals surface area contributed by atoms with E-state index in [1.807, 2.05) is 0 Å². The molecule has 6 nitrogen and oxygen atoms in total. The molecule has 1 amide bonds. The Kier molecular flexibility index (Phi) is 4.87. The number of aromatic nitrogens is 1. The minimum absolute atomic E-state index is 0.0684. The van der Waals surface area contributed by atoms with Crippen LogP contribution in [0.25, 0.3) is 0 Å². The lowest BCUT2D eigenvalue weighted by atomic mass is 10.3. The zero-order valence-electron chi connectivity index (χ0n) is 11.2. The first-order valence-electron chi connectivity index (χ1n) is 6.19. The van der Waals surface area contributed by atoms with Gasteiger partial charge in [-0.2, -0.15) is 0 Å². The van der Waals surface area contributed by atoms with Gasteiger partial charge in [0.15, 0.2) is 0 Å². The Morgan fingerprint density at radius 2 is 2.11 bits per heavy atom. The molecule has 106 valence electrons. The van der Waals surface area contributed by atoms with E-state index < -0.39 is 0 Å². The van der Waals surface area contributed by atoms with Gasteiger partial charge in [-0.3, -0.25) is 4.79 Å². The maximum absolute atomic E-state index is 12.3. The maximum Gasteiger partial charge on any atom is 0.273 e. The number of likely N-dealkylation sites (tertiary alicyclic amines) is 1. The van der Waals surface area contributed by atoms with E-state index in [0.717, 1.165) is 5.01 Å². The Balaban J connectivity index is 2.03. The molecule has 0 radical (unpaired) electrons. The Labute approximate surface area is 116 Å². The second-order valence-corrected chi connectivity index (χ2v) is 5.37. The summed E-state index contributed by atoms with van der Waals surface area (Å²) in [5, 5.41) is 2.69. The van der Waals surface area contributed by atoms with Crippen LogP contribution in [0.2, 0.25) is 0 Å². The number of hydrogen-bond donors (Lipinski definition) is 1. The molecule has 2 heterocycles. The zero-order valence-corrected chi connectivity index (χ0v) is 12.0. The van der Waals surface area contributed by atoms with Crippen LogP contribution < -0.4 is 5.73 Å². The molecule has 1 saturated heterocycles. The van der Waals surface area contributed by atoms with Crippen LogP contribution >= 0.6 is 11.3 Å². The lowest BCUT2D eigenvalue weighted by Gasteiger charge is -2.13. The van der Waals surface area contributed by atoms with E-state index in [0.29, 0.717) is 31.7 Å². The summed E-state index contributed by atoms with van der Waals surface area (Å²) >= 11 is 1.47. The molecule has 2 rings (SSSR count). The molecule has 7 heteroatoms. The van der Waals surface area contributed by atoms with Crippen molar-refractivity contribution in [3.05, 3.63) is 16.1 Å². The lowest BCUT2D eigenvalue weighted by molar-refractivity contribution is -0.00461. The van der Waals surface area contributed by atoms with Gasteiger partial charge in [0.2, 0.25) is 0 Å². The van der Waals surface area contributed by atoms with Gasteiger partial charge >= 0.3 is 0 Å². The van der Waals surface area contributed by atoms with Gasteiger partial charge in [-0.1, -0.05) is 0 Å². The predicted molar refractivity (Wildman–Crippen MR) is 72.4 cm³/mol. The summed E-state index contributed by atoms with van der Waals surface area (Å²) in [6.07, 6.45) is 0.562.